The Balaban J connectivity index is 1.59. The van der Waals surface area contributed by atoms with Crippen LogP contribution in [0.15, 0.2) is 42.6 Å². The minimum atomic E-state index is -0.264. The average molecular weight is 284 g/mol. The number of nitrogens with one attached hydrogen (secondary N) is 1. The third kappa shape index (κ3) is 2.67. The van der Waals surface area contributed by atoms with Crippen LogP contribution < -0.4 is 10.1 Å². The molecule has 1 amide bonds. The molecule has 1 aromatic heterocycles. The van der Waals surface area contributed by atoms with Crippen molar-refractivity contribution in [1.82, 2.24) is 4.57 Å². The molecule has 5 nitrogen and oxygen atoms in total. The summed E-state index contributed by atoms with van der Waals surface area (Å²) in [4.78, 5) is 24.1. The van der Waals surface area contributed by atoms with Crippen molar-refractivity contribution in [2.45, 2.75) is 13.0 Å². The number of hydrogen-bond donors (Lipinski definition) is 1. The summed E-state index contributed by atoms with van der Waals surface area (Å²) in [5.41, 5.74) is 1.39. The third-order valence-corrected chi connectivity index (χ3v) is 3.68. The largest absolute Gasteiger partial charge is 0.497 e. The van der Waals surface area contributed by atoms with E-state index in [2.05, 4.69) is 5.32 Å². The highest BCUT2D eigenvalue weighted by atomic mass is 16.5. The van der Waals surface area contributed by atoms with Crippen LogP contribution in [0, 0.1) is 5.92 Å². The van der Waals surface area contributed by atoms with Crippen LogP contribution in [0.1, 0.15) is 16.9 Å². The molecule has 0 fully saturated rings. The molecule has 5 heteroatoms. The van der Waals surface area contributed by atoms with Crippen LogP contribution in [0.3, 0.4) is 0 Å². The van der Waals surface area contributed by atoms with Gasteiger partial charge in [0.1, 0.15) is 5.75 Å². The van der Waals surface area contributed by atoms with E-state index in [9.17, 15) is 9.59 Å². The topological polar surface area (TPSA) is 60.3 Å². The fourth-order valence-electron chi connectivity index (χ4n) is 2.59. The molecule has 108 valence electrons. The van der Waals surface area contributed by atoms with Gasteiger partial charge >= 0.3 is 0 Å². The number of fused-ring (bicyclic) bond motifs is 1. The summed E-state index contributed by atoms with van der Waals surface area (Å²) in [6, 6.07) is 10.8. The number of hydrogen-bond acceptors (Lipinski definition) is 3. The summed E-state index contributed by atoms with van der Waals surface area (Å²) in [7, 11) is 1.59. The lowest BCUT2D eigenvalue weighted by Gasteiger charge is -2.09. The molecule has 3 rings (SSSR count). The van der Waals surface area contributed by atoms with E-state index in [1.165, 1.54) is 0 Å². The van der Waals surface area contributed by atoms with Gasteiger partial charge in [0.05, 0.1) is 18.7 Å². The second-order valence-electron chi connectivity index (χ2n) is 5.09. The highest BCUT2D eigenvalue weighted by molar-refractivity contribution is 6.02. The van der Waals surface area contributed by atoms with E-state index in [4.69, 9.17) is 4.74 Å². The van der Waals surface area contributed by atoms with Gasteiger partial charge in [0.2, 0.25) is 5.91 Å². The molecule has 0 saturated carbocycles. The van der Waals surface area contributed by atoms with Gasteiger partial charge in [-0.1, -0.05) is 0 Å². The minimum Gasteiger partial charge on any atom is -0.497 e. The van der Waals surface area contributed by atoms with Gasteiger partial charge in [0, 0.05) is 24.8 Å². The molecule has 1 aliphatic rings. The number of carbonyl (C=O) groups is 2. The molecule has 1 N–H and O–H groups in total. The Kier molecular flexibility index (Phi) is 3.48. The van der Waals surface area contributed by atoms with Crippen molar-refractivity contribution in [3.05, 3.63) is 48.3 Å². The van der Waals surface area contributed by atoms with Crippen LogP contribution in [0.5, 0.6) is 5.75 Å². The zero-order valence-electron chi connectivity index (χ0n) is 11.7. The van der Waals surface area contributed by atoms with Gasteiger partial charge in [0.25, 0.3) is 0 Å². The van der Waals surface area contributed by atoms with Gasteiger partial charge in [-0.05, 0) is 36.4 Å². The van der Waals surface area contributed by atoms with Gasteiger partial charge in [0.15, 0.2) is 5.78 Å². The molecule has 1 aliphatic heterocycles. The normalized spacial score (nSPS) is 16.6. The molecular formula is C16H16N2O3. The monoisotopic (exact) mass is 284 g/mol. The molecule has 0 unspecified atom stereocenters. The molecule has 0 bridgehead atoms. The van der Waals surface area contributed by atoms with Gasteiger partial charge in [-0.3, -0.25) is 9.59 Å². The third-order valence-electron chi connectivity index (χ3n) is 3.68. The van der Waals surface area contributed by atoms with Crippen molar-refractivity contribution in [1.29, 1.82) is 0 Å². The number of ether oxygens (including phenoxy) is 1. The van der Waals surface area contributed by atoms with Crippen molar-refractivity contribution in [3.8, 4) is 5.75 Å². The Morgan fingerprint density at radius 1 is 1.33 bits per heavy atom. The van der Waals surface area contributed by atoms with E-state index >= 15 is 0 Å². The molecule has 0 radical (unpaired) electrons. The Hall–Kier alpha value is -2.56. The predicted octanol–water partition coefficient (Wildman–Crippen LogP) is 2.34. The smallest absolute Gasteiger partial charge is 0.225 e. The van der Waals surface area contributed by atoms with Crippen molar-refractivity contribution in [2.75, 3.05) is 12.4 Å². The number of methoxy groups -OCH3 is 1. The number of Topliss-reactive ketones (excluding diaryl/α,β-unsaturated/α-hetero) is 1. The molecule has 1 aromatic carbocycles. The summed E-state index contributed by atoms with van der Waals surface area (Å²) in [5, 5.41) is 2.80. The Bertz CT molecular complexity index is 673. The minimum absolute atomic E-state index is 0.0462. The first-order valence-corrected chi connectivity index (χ1v) is 6.80. The van der Waals surface area contributed by atoms with E-state index < -0.39 is 0 Å². The summed E-state index contributed by atoms with van der Waals surface area (Å²) in [5.74, 6) is 0.368. The van der Waals surface area contributed by atoms with E-state index in [0.717, 1.165) is 5.75 Å². The number of nitrogens with zero attached hydrogens (tertiary/aromatic N) is 1. The Labute approximate surface area is 122 Å². The molecule has 0 saturated heterocycles. The lowest BCUT2D eigenvalue weighted by Crippen LogP contribution is -2.20. The van der Waals surface area contributed by atoms with Gasteiger partial charge in [-0.25, -0.2) is 0 Å². The molecule has 21 heavy (non-hydrogen) atoms. The predicted molar refractivity (Wildman–Crippen MR) is 78.5 cm³/mol. The zero-order chi connectivity index (χ0) is 14.8. The number of benzene rings is 1. The average Bonchev–Trinajstić information content (AvgIpc) is 3.04. The first-order chi connectivity index (χ1) is 10.2. The fraction of sp³-hybridized carbons (Fsp3) is 0.250. The highest BCUT2D eigenvalue weighted by Gasteiger charge is 2.31. The number of amides is 1. The van der Waals surface area contributed by atoms with Crippen LogP contribution >= 0.6 is 0 Å². The van der Waals surface area contributed by atoms with E-state index in [1.807, 2.05) is 16.8 Å². The molecule has 2 heterocycles. The first kappa shape index (κ1) is 13.4. The fourth-order valence-corrected chi connectivity index (χ4v) is 2.59. The van der Waals surface area contributed by atoms with Crippen molar-refractivity contribution >= 4 is 17.4 Å². The number of carbonyl (C=O) groups excluding carboxylic acids is 2. The number of anilines is 1. The second-order valence-corrected chi connectivity index (χ2v) is 5.09. The van der Waals surface area contributed by atoms with Crippen molar-refractivity contribution in [2.24, 2.45) is 5.92 Å². The zero-order valence-corrected chi connectivity index (χ0v) is 11.7. The van der Waals surface area contributed by atoms with Gasteiger partial charge < -0.3 is 14.6 Å². The number of rotatable bonds is 4. The van der Waals surface area contributed by atoms with Crippen molar-refractivity contribution < 1.29 is 14.3 Å². The summed E-state index contributed by atoms with van der Waals surface area (Å²) >= 11 is 0. The van der Waals surface area contributed by atoms with Gasteiger partial charge in [-0.15, -0.1) is 0 Å². The molecule has 1 atom stereocenters. The summed E-state index contributed by atoms with van der Waals surface area (Å²) < 4.78 is 6.96. The summed E-state index contributed by atoms with van der Waals surface area (Å²) in [6.07, 6.45) is 2.07. The van der Waals surface area contributed by atoms with E-state index in [-0.39, 0.29) is 24.0 Å². The van der Waals surface area contributed by atoms with Crippen molar-refractivity contribution in [3.63, 3.8) is 0 Å². The standard InChI is InChI=1S/C16H16N2O3/c1-21-13-6-4-12(5-7-13)17-15(19)9-11-10-18-8-2-3-14(18)16(11)20/h2-8,11H,9-10H2,1H3,(H,17,19)/t11-/m1/s1. The quantitative estimate of drug-likeness (QED) is 0.937. The van der Waals surface area contributed by atoms with Gasteiger partial charge in [-0.2, -0.15) is 0 Å². The number of aromatic nitrogens is 1. The molecular weight excluding hydrogens is 268 g/mol. The maximum atomic E-state index is 12.1. The van der Waals surface area contributed by atoms with E-state index in [1.54, 1.807) is 37.4 Å². The maximum absolute atomic E-state index is 12.1. The lowest BCUT2D eigenvalue weighted by molar-refractivity contribution is -0.116. The van der Waals surface area contributed by atoms with Crippen LogP contribution in [0.4, 0.5) is 5.69 Å². The SMILES string of the molecule is COc1ccc(NC(=O)C[C@@H]2Cn3cccc3C2=O)cc1. The van der Waals surface area contributed by atoms with Crippen LogP contribution in [-0.4, -0.2) is 23.4 Å². The lowest BCUT2D eigenvalue weighted by atomic mass is 10.0. The Morgan fingerprint density at radius 2 is 2.10 bits per heavy atom. The van der Waals surface area contributed by atoms with Crippen LogP contribution in [-0.2, 0) is 11.3 Å². The van der Waals surface area contributed by atoms with Crippen LogP contribution in [0.25, 0.3) is 0 Å². The number of ketones is 1. The van der Waals surface area contributed by atoms with E-state index in [0.29, 0.717) is 17.9 Å². The molecule has 2 aromatic rings. The molecule has 0 spiro atoms. The molecule has 0 aliphatic carbocycles. The first-order valence-electron chi connectivity index (χ1n) is 6.80. The summed E-state index contributed by atoms with van der Waals surface area (Å²) in [6.45, 7) is 0.581. The maximum Gasteiger partial charge on any atom is 0.225 e. The Morgan fingerprint density at radius 3 is 2.76 bits per heavy atom. The second kappa shape index (κ2) is 5.44. The van der Waals surface area contributed by atoms with Crippen LogP contribution in [0.2, 0.25) is 0 Å². The highest BCUT2D eigenvalue weighted by Crippen LogP contribution is 2.24.